The summed E-state index contributed by atoms with van der Waals surface area (Å²) in [5, 5.41) is 3.24. The topological polar surface area (TPSA) is 114 Å². The van der Waals surface area contributed by atoms with Crippen molar-refractivity contribution in [2.45, 2.75) is 18.7 Å². The number of hydrogen-bond donors (Lipinski definition) is 2. The van der Waals surface area contributed by atoms with E-state index in [1.807, 2.05) is 18.2 Å². The van der Waals surface area contributed by atoms with Crippen molar-refractivity contribution in [2.24, 2.45) is 0 Å². The predicted molar refractivity (Wildman–Crippen MR) is 136 cm³/mol. The molecule has 0 bridgehead atoms. The SMILES string of the molecule is Cc1cc(C)nc(NS(=O)(=O)c2ccc(NC(=O)/C=C/c3ccc(-c4ccccc4Cl)o3)cc2)n1. The standard InChI is InChI=1S/C25H21ClN4O4S/c1-16-15-17(2)28-25(27-16)30-35(32,33)20-11-7-18(8-12-20)29-24(31)14-10-19-9-13-23(34-19)21-5-3-4-6-22(21)26/h3-15H,1-2H3,(H,29,31)(H,27,28,30)/b14-10+. The number of furan rings is 1. The number of aryl methyl sites for hydroxylation is 2. The smallest absolute Gasteiger partial charge is 0.264 e. The van der Waals surface area contributed by atoms with Crippen LogP contribution in [0.4, 0.5) is 11.6 Å². The summed E-state index contributed by atoms with van der Waals surface area (Å²) in [6, 6.07) is 18.3. The van der Waals surface area contributed by atoms with Crippen molar-refractivity contribution in [2.75, 3.05) is 10.0 Å². The van der Waals surface area contributed by atoms with Crippen LogP contribution in [0.15, 0.2) is 82.1 Å². The molecule has 4 aromatic rings. The lowest BCUT2D eigenvalue weighted by Gasteiger charge is -2.09. The normalized spacial score (nSPS) is 11.5. The van der Waals surface area contributed by atoms with Crippen molar-refractivity contribution in [3.05, 3.63) is 95.0 Å². The second-order valence-electron chi connectivity index (χ2n) is 7.61. The monoisotopic (exact) mass is 508 g/mol. The van der Waals surface area contributed by atoms with Gasteiger partial charge in [0.1, 0.15) is 11.5 Å². The van der Waals surface area contributed by atoms with E-state index in [9.17, 15) is 13.2 Å². The third-order valence-electron chi connectivity index (χ3n) is 4.81. The molecule has 2 heterocycles. The van der Waals surface area contributed by atoms with Gasteiger partial charge in [0, 0.05) is 28.7 Å². The third-order valence-corrected chi connectivity index (χ3v) is 6.48. The summed E-state index contributed by atoms with van der Waals surface area (Å²) in [4.78, 5) is 20.5. The average molecular weight is 509 g/mol. The van der Waals surface area contributed by atoms with Gasteiger partial charge in [-0.25, -0.2) is 23.1 Å². The molecule has 2 aromatic heterocycles. The lowest BCUT2D eigenvalue weighted by atomic mass is 10.2. The van der Waals surface area contributed by atoms with Crippen LogP contribution < -0.4 is 10.0 Å². The molecular weight excluding hydrogens is 488 g/mol. The molecule has 1 amide bonds. The zero-order valence-electron chi connectivity index (χ0n) is 18.8. The first kappa shape index (κ1) is 24.2. The Hall–Kier alpha value is -3.95. The Morgan fingerprint density at radius 3 is 2.34 bits per heavy atom. The number of nitrogens with zero attached hydrogens (tertiary/aromatic N) is 2. The minimum atomic E-state index is -3.89. The molecular formula is C25H21ClN4O4S. The lowest BCUT2D eigenvalue weighted by molar-refractivity contribution is -0.111. The fourth-order valence-corrected chi connectivity index (χ4v) is 4.43. The predicted octanol–water partition coefficient (Wildman–Crippen LogP) is 5.46. The summed E-state index contributed by atoms with van der Waals surface area (Å²) in [6.45, 7) is 3.50. The van der Waals surface area contributed by atoms with Gasteiger partial charge in [-0.2, -0.15) is 0 Å². The van der Waals surface area contributed by atoms with Gasteiger partial charge in [-0.1, -0.05) is 23.7 Å². The number of anilines is 2. The number of sulfonamides is 1. The summed E-state index contributed by atoms with van der Waals surface area (Å²) >= 11 is 6.19. The fraction of sp³-hybridized carbons (Fsp3) is 0.0800. The molecule has 10 heteroatoms. The van der Waals surface area contributed by atoms with Gasteiger partial charge in [0.15, 0.2) is 0 Å². The van der Waals surface area contributed by atoms with E-state index in [0.29, 0.717) is 33.6 Å². The van der Waals surface area contributed by atoms with Crippen molar-refractivity contribution >= 4 is 45.2 Å². The number of nitrogens with one attached hydrogen (secondary N) is 2. The Morgan fingerprint density at radius 2 is 1.66 bits per heavy atom. The van der Waals surface area contributed by atoms with Crippen LogP contribution in [0.3, 0.4) is 0 Å². The Bertz CT molecular complexity index is 1490. The van der Waals surface area contributed by atoms with E-state index in [4.69, 9.17) is 16.0 Å². The molecule has 0 saturated carbocycles. The van der Waals surface area contributed by atoms with Crippen LogP contribution in [0.25, 0.3) is 17.4 Å². The molecule has 0 atom stereocenters. The highest BCUT2D eigenvalue weighted by Gasteiger charge is 2.16. The maximum absolute atomic E-state index is 12.6. The quantitative estimate of drug-likeness (QED) is 0.320. The number of carbonyl (C=O) groups is 1. The van der Waals surface area contributed by atoms with Crippen LogP contribution in [0.5, 0.6) is 0 Å². The second-order valence-corrected chi connectivity index (χ2v) is 9.70. The van der Waals surface area contributed by atoms with Gasteiger partial charge in [-0.15, -0.1) is 0 Å². The molecule has 35 heavy (non-hydrogen) atoms. The molecule has 0 aliphatic heterocycles. The number of hydrogen-bond acceptors (Lipinski definition) is 6. The Kier molecular flexibility index (Phi) is 6.99. The molecule has 0 fully saturated rings. The first-order valence-corrected chi connectivity index (χ1v) is 12.3. The van der Waals surface area contributed by atoms with Crippen LogP contribution in [0.2, 0.25) is 5.02 Å². The largest absolute Gasteiger partial charge is 0.457 e. The van der Waals surface area contributed by atoms with Crippen LogP contribution in [-0.4, -0.2) is 24.3 Å². The third kappa shape index (κ3) is 6.14. The van der Waals surface area contributed by atoms with Gasteiger partial charge in [0.05, 0.1) is 9.92 Å². The summed E-state index contributed by atoms with van der Waals surface area (Å²) in [7, 11) is -3.89. The first-order chi connectivity index (χ1) is 16.7. The van der Waals surface area contributed by atoms with Crippen molar-refractivity contribution in [3.63, 3.8) is 0 Å². The summed E-state index contributed by atoms with van der Waals surface area (Å²) in [5.41, 5.74) is 2.48. The number of aromatic nitrogens is 2. The van der Waals surface area contributed by atoms with Crippen LogP contribution >= 0.6 is 11.6 Å². The maximum Gasteiger partial charge on any atom is 0.264 e. The minimum Gasteiger partial charge on any atom is -0.457 e. The molecule has 0 aliphatic rings. The van der Waals surface area contributed by atoms with E-state index in [0.717, 1.165) is 5.56 Å². The van der Waals surface area contributed by atoms with E-state index < -0.39 is 15.9 Å². The Morgan fingerprint density at radius 1 is 0.971 bits per heavy atom. The van der Waals surface area contributed by atoms with E-state index in [1.165, 1.54) is 36.4 Å². The number of carbonyl (C=O) groups excluding carboxylic acids is 1. The summed E-state index contributed by atoms with van der Waals surface area (Å²) < 4.78 is 33.4. The molecule has 0 radical (unpaired) electrons. The van der Waals surface area contributed by atoms with Gasteiger partial charge in [0.25, 0.3) is 10.0 Å². The molecule has 178 valence electrons. The van der Waals surface area contributed by atoms with Gasteiger partial charge in [0.2, 0.25) is 11.9 Å². The van der Waals surface area contributed by atoms with Gasteiger partial charge >= 0.3 is 0 Å². The number of amides is 1. The second kappa shape index (κ2) is 10.1. The minimum absolute atomic E-state index is 0.000589. The molecule has 2 N–H and O–H groups in total. The Labute approximate surface area is 207 Å². The first-order valence-electron chi connectivity index (χ1n) is 10.5. The van der Waals surface area contributed by atoms with Crippen LogP contribution in [0, 0.1) is 13.8 Å². The van der Waals surface area contributed by atoms with E-state index in [1.54, 1.807) is 38.1 Å². The molecule has 0 saturated heterocycles. The number of halogens is 1. The summed E-state index contributed by atoms with van der Waals surface area (Å²) in [5.74, 6) is 0.669. The van der Waals surface area contributed by atoms with Crippen molar-refractivity contribution in [1.82, 2.24) is 9.97 Å². The maximum atomic E-state index is 12.6. The van der Waals surface area contributed by atoms with Gasteiger partial charge < -0.3 is 9.73 Å². The van der Waals surface area contributed by atoms with E-state index in [-0.39, 0.29) is 10.8 Å². The molecule has 0 aliphatic carbocycles. The zero-order valence-corrected chi connectivity index (χ0v) is 20.4. The van der Waals surface area contributed by atoms with Crippen molar-refractivity contribution in [3.8, 4) is 11.3 Å². The molecule has 0 unspecified atom stereocenters. The Balaban J connectivity index is 1.39. The highest BCUT2D eigenvalue weighted by molar-refractivity contribution is 7.92. The van der Waals surface area contributed by atoms with Crippen LogP contribution in [0.1, 0.15) is 17.1 Å². The van der Waals surface area contributed by atoms with Gasteiger partial charge in [-0.05, 0) is 74.5 Å². The highest BCUT2D eigenvalue weighted by Crippen LogP contribution is 2.29. The number of rotatable bonds is 7. The van der Waals surface area contributed by atoms with E-state index in [2.05, 4.69) is 20.0 Å². The van der Waals surface area contributed by atoms with E-state index >= 15 is 0 Å². The zero-order chi connectivity index (χ0) is 25.0. The lowest BCUT2D eigenvalue weighted by Crippen LogP contribution is -2.16. The molecule has 0 spiro atoms. The molecule has 2 aromatic carbocycles. The average Bonchev–Trinajstić information content (AvgIpc) is 3.26. The fourth-order valence-electron chi connectivity index (χ4n) is 3.26. The molecule has 4 rings (SSSR count). The van der Waals surface area contributed by atoms with Crippen molar-refractivity contribution in [1.29, 1.82) is 0 Å². The van der Waals surface area contributed by atoms with Crippen molar-refractivity contribution < 1.29 is 17.6 Å². The van der Waals surface area contributed by atoms with Crippen LogP contribution in [-0.2, 0) is 14.8 Å². The van der Waals surface area contributed by atoms with Gasteiger partial charge in [-0.3, -0.25) is 4.79 Å². The summed E-state index contributed by atoms with van der Waals surface area (Å²) in [6.07, 6.45) is 2.85. The molecule has 8 nitrogen and oxygen atoms in total. The number of benzene rings is 2. The highest BCUT2D eigenvalue weighted by atomic mass is 35.5.